The minimum absolute atomic E-state index is 0.00347. The van der Waals surface area contributed by atoms with Crippen LogP contribution in [0.25, 0.3) is 0 Å². The maximum absolute atomic E-state index is 12.3. The molecule has 2 rings (SSSR count). The summed E-state index contributed by atoms with van der Waals surface area (Å²) in [4.78, 5) is 38.0. The summed E-state index contributed by atoms with van der Waals surface area (Å²) in [5.74, 6) is -1.18. The topological polar surface area (TPSA) is 99.5 Å². The zero-order chi connectivity index (χ0) is 20.5. The minimum Gasteiger partial charge on any atom is -0.462 e. The van der Waals surface area contributed by atoms with Crippen LogP contribution >= 0.6 is 0 Å². The fraction of sp³-hybridized carbons (Fsp3) is 0.238. The van der Waals surface area contributed by atoms with Gasteiger partial charge in [0.1, 0.15) is 6.07 Å². The van der Waals surface area contributed by atoms with Crippen LogP contribution in [-0.2, 0) is 14.3 Å². The number of carbonyl (C=O) groups is 3. The van der Waals surface area contributed by atoms with Gasteiger partial charge in [-0.2, -0.15) is 5.26 Å². The van der Waals surface area contributed by atoms with Crippen LogP contribution in [0.5, 0.6) is 0 Å². The van der Waals surface area contributed by atoms with Gasteiger partial charge in [-0.15, -0.1) is 0 Å². The molecule has 0 aliphatic heterocycles. The third-order valence-electron chi connectivity index (χ3n) is 3.95. The van der Waals surface area contributed by atoms with Gasteiger partial charge >= 0.3 is 5.97 Å². The van der Waals surface area contributed by atoms with Crippen molar-refractivity contribution in [3.63, 3.8) is 0 Å². The molecule has 0 heterocycles. The molecule has 0 unspecified atom stereocenters. The Morgan fingerprint density at radius 2 is 1.79 bits per heavy atom. The Morgan fingerprint density at radius 1 is 1.11 bits per heavy atom. The molecule has 0 spiro atoms. The van der Waals surface area contributed by atoms with Gasteiger partial charge in [-0.1, -0.05) is 24.3 Å². The Labute approximate surface area is 163 Å². The molecule has 0 radical (unpaired) electrons. The number of benzene rings is 2. The first kappa shape index (κ1) is 20.6. The van der Waals surface area contributed by atoms with E-state index in [2.05, 4.69) is 5.32 Å². The Bertz CT molecular complexity index is 918. The predicted octanol–water partition coefficient (Wildman–Crippen LogP) is 3.12. The smallest absolute Gasteiger partial charge is 0.340 e. The van der Waals surface area contributed by atoms with Crippen molar-refractivity contribution in [2.24, 2.45) is 0 Å². The molecule has 0 aliphatic carbocycles. The van der Waals surface area contributed by atoms with Crippen molar-refractivity contribution in [2.75, 3.05) is 23.4 Å². The van der Waals surface area contributed by atoms with Gasteiger partial charge in [0.2, 0.25) is 11.8 Å². The fourth-order valence-electron chi connectivity index (χ4n) is 2.65. The van der Waals surface area contributed by atoms with Crippen LogP contribution in [0.3, 0.4) is 0 Å². The predicted molar refractivity (Wildman–Crippen MR) is 105 cm³/mol. The molecule has 0 saturated heterocycles. The van der Waals surface area contributed by atoms with Gasteiger partial charge in [-0.05, 0) is 31.2 Å². The molecule has 2 amide bonds. The largest absolute Gasteiger partial charge is 0.462 e. The Balaban J connectivity index is 2.14. The molecule has 1 N–H and O–H groups in total. The van der Waals surface area contributed by atoms with Gasteiger partial charge < -0.3 is 15.0 Å². The van der Waals surface area contributed by atoms with Crippen molar-refractivity contribution in [3.8, 4) is 6.07 Å². The van der Waals surface area contributed by atoms with Crippen LogP contribution < -0.4 is 10.2 Å². The van der Waals surface area contributed by atoms with Gasteiger partial charge in [0.25, 0.3) is 0 Å². The molecule has 2 aromatic rings. The Kier molecular flexibility index (Phi) is 7.28. The summed E-state index contributed by atoms with van der Waals surface area (Å²) in [6.45, 7) is 3.36. The lowest BCUT2D eigenvalue weighted by Gasteiger charge is -2.23. The molecule has 0 aromatic heterocycles. The van der Waals surface area contributed by atoms with Gasteiger partial charge in [0.15, 0.2) is 0 Å². The number of hydrogen-bond acceptors (Lipinski definition) is 5. The van der Waals surface area contributed by atoms with E-state index in [0.29, 0.717) is 16.9 Å². The summed E-state index contributed by atoms with van der Waals surface area (Å²) in [6.07, 6.45) is -0.00347. The van der Waals surface area contributed by atoms with Crippen LogP contribution in [0.15, 0.2) is 48.5 Å². The molecule has 0 saturated carbocycles. The van der Waals surface area contributed by atoms with E-state index in [-0.39, 0.29) is 37.0 Å². The lowest BCUT2D eigenvalue weighted by molar-refractivity contribution is -0.117. The highest BCUT2D eigenvalue weighted by atomic mass is 16.5. The highest BCUT2D eigenvalue weighted by molar-refractivity contribution is 6.02. The maximum atomic E-state index is 12.3. The van der Waals surface area contributed by atoms with Gasteiger partial charge in [0.05, 0.1) is 29.1 Å². The van der Waals surface area contributed by atoms with Gasteiger partial charge in [-0.3, -0.25) is 9.59 Å². The van der Waals surface area contributed by atoms with Crippen molar-refractivity contribution < 1.29 is 19.1 Å². The number of para-hydroxylation sites is 2. The zero-order valence-corrected chi connectivity index (χ0v) is 15.8. The van der Waals surface area contributed by atoms with Crippen molar-refractivity contribution in [1.29, 1.82) is 5.26 Å². The third kappa shape index (κ3) is 5.17. The lowest BCUT2D eigenvalue weighted by Crippen LogP contribution is -2.33. The highest BCUT2D eigenvalue weighted by Gasteiger charge is 2.21. The number of nitrogens with zero attached hydrogens (tertiary/aromatic N) is 2. The number of ether oxygens (including phenoxy) is 1. The second-order valence-corrected chi connectivity index (χ2v) is 5.86. The average Bonchev–Trinajstić information content (AvgIpc) is 2.69. The number of esters is 1. The summed E-state index contributed by atoms with van der Waals surface area (Å²) in [7, 11) is 0. The molecule has 7 heteroatoms. The summed E-state index contributed by atoms with van der Waals surface area (Å²) in [5, 5.41) is 11.8. The molecule has 0 aliphatic rings. The number of nitriles is 1. The van der Waals surface area contributed by atoms with Crippen LogP contribution in [0.1, 0.15) is 36.2 Å². The van der Waals surface area contributed by atoms with E-state index < -0.39 is 5.97 Å². The number of rotatable bonds is 7. The molecule has 28 heavy (non-hydrogen) atoms. The van der Waals surface area contributed by atoms with Crippen LogP contribution in [0.4, 0.5) is 11.4 Å². The van der Waals surface area contributed by atoms with E-state index >= 15 is 0 Å². The second-order valence-electron chi connectivity index (χ2n) is 5.86. The summed E-state index contributed by atoms with van der Waals surface area (Å²) >= 11 is 0. The second kappa shape index (κ2) is 9.88. The standard InChI is InChI=1S/C21H21N3O4/c1-3-28-21(27)17-9-5-7-11-19(17)24(15(2)25)13-12-20(26)23-18-10-6-4-8-16(18)14-22/h4-11H,3,12-13H2,1-2H3,(H,23,26). The number of amides is 2. The summed E-state index contributed by atoms with van der Waals surface area (Å²) in [6, 6.07) is 15.3. The molecule has 2 aromatic carbocycles. The van der Waals surface area contributed by atoms with E-state index in [1.54, 1.807) is 55.5 Å². The number of carbonyl (C=O) groups excluding carboxylic acids is 3. The van der Waals surface area contributed by atoms with Crippen LogP contribution in [0, 0.1) is 11.3 Å². The molecule has 0 atom stereocenters. The van der Waals surface area contributed by atoms with E-state index in [1.165, 1.54) is 11.8 Å². The number of hydrogen-bond donors (Lipinski definition) is 1. The molecule has 7 nitrogen and oxygen atoms in total. The fourth-order valence-corrected chi connectivity index (χ4v) is 2.65. The first-order valence-electron chi connectivity index (χ1n) is 8.81. The average molecular weight is 379 g/mol. The van der Waals surface area contributed by atoms with Gasteiger partial charge in [-0.25, -0.2) is 4.79 Å². The van der Waals surface area contributed by atoms with Crippen molar-refractivity contribution in [3.05, 3.63) is 59.7 Å². The first-order chi connectivity index (χ1) is 13.5. The lowest BCUT2D eigenvalue weighted by atomic mass is 10.1. The maximum Gasteiger partial charge on any atom is 0.340 e. The number of nitrogens with one attached hydrogen (secondary N) is 1. The SMILES string of the molecule is CCOC(=O)c1ccccc1N(CCC(=O)Nc1ccccc1C#N)C(C)=O. The molecular weight excluding hydrogens is 358 g/mol. The molecule has 0 fully saturated rings. The monoisotopic (exact) mass is 379 g/mol. The highest BCUT2D eigenvalue weighted by Crippen LogP contribution is 2.22. The van der Waals surface area contributed by atoms with E-state index in [4.69, 9.17) is 10.00 Å². The number of anilines is 2. The third-order valence-corrected chi connectivity index (χ3v) is 3.95. The molecular formula is C21H21N3O4. The van der Waals surface area contributed by atoms with E-state index in [9.17, 15) is 14.4 Å². The molecule has 0 bridgehead atoms. The summed E-state index contributed by atoms with van der Waals surface area (Å²) in [5.41, 5.74) is 1.41. The normalized spacial score (nSPS) is 9.89. The van der Waals surface area contributed by atoms with Crippen molar-refractivity contribution >= 4 is 29.2 Å². The Morgan fingerprint density at radius 3 is 2.46 bits per heavy atom. The Hall–Kier alpha value is -3.66. The molecule has 144 valence electrons. The van der Waals surface area contributed by atoms with Crippen molar-refractivity contribution in [2.45, 2.75) is 20.3 Å². The minimum atomic E-state index is -0.531. The first-order valence-corrected chi connectivity index (χ1v) is 8.81. The quantitative estimate of drug-likeness (QED) is 0.745. The summed E-state index contributed by atoms with van der Waals surface area (Å²) < 4.78 is 5.04. The van der Waals surface area contributed by atoms with E-state index in [0.717, 1.165) is 0 Å². The zero-order valence-electron chi connectivity index (χ0n) is 15.8. The van der Waals surface area contributed by atoms with Crippen LogP contribution in [-0.4, -0.2) is 30.9 Å². The van der Waals surface area contributed by atoms with E-state index in [1.807, 2.05) is 6.07 Å². The van der Waals surface area contributed by atoms with Crippen LogP contribution in [0.2, 0.25) is 0 Å². The van der Waals surface area contributed by atoms with Gasteiger partial charge in [0, 0.05) is 19.9 Å². The van der Waals surface area contributed by atoms with Crippen molar-refractivity contribution in [1.82, 2.24) is 0 Å².